The number of rotatable bonds is 1. The van der Waals surface area contributed by atoms with E-state index in [1.54, 1.807) is 18.2 Å². The van der Waals surface area contributed by atoms with E-state index in [9.17, 15) is 4.57 Å². The molecule has 0 unspecified atom stereocenters. The molecule has 0 aliphatic heterocycles. The van der Waals surface area contributed by atoms with Gasteiger partial charge in [-0.15, -0.1) is 0 Å². The molecule has 7 heteroatoms. The molecule has 1 aromatic rings. The Morgan fingerprint density at radius 1 is 1.15 bits per heavy atom. The molecule has 0 aromatic heterocycles. The van der Waals surface area contributed by atoms with Gasteiger partial charge in [0.25, 0.3) is 0 Å². The van der Waals surface area contributed by atoms with E-state index >= 15 is 0 Å². The van der Waals surface area contributed by atoms with Gasteiger partial charge in [-0.3, -0.25) is 4.57 Å². The zero-order valence-electron chi connectivity index (χ0n) is 6.58. The van der Waals surface area contributed by atoms with Gasteiger partial charge in [0.15, 0.2) is 0 Å². The number of hydrogen-bond acceptors (Lipinski definition) is 3. The molecule has 0 heterocycles. The standard InChI is InChI=1S/C6H7O3P.H2N3/c7-10(8,9)6-4-2-1-3-5-6;1-3-2/h1-5H,(H2,7,8,9);1-2H/q;+1. The van der Waals surface area contributed by atoms with Gasteiger partial charge < -0.3 is 9.79 Å². The average molecular weight is 202 g/mol. The Balaban J connectivity index is 0.000000424. The molecule has 0 radical (unpaired) electrons. The van der Waals surface area contributed by atoms with Crippen LogP contribution in [0.4, 0.5) is 0 Å². The van der Waals surface area contributed by atoms with Crippen molar-refractivity contribution < 1.29 is 14.4 Å². The maximum absolute atomic E-state index is 10.5. The van der Waals surface area contributed by atoms with E-state index in [2.05, 4.69) is 0 Å². The second-order valence-corrected chi connectivity index (χ2v) is 3.60. The summed E-state index contributed by atoms with van der Waals surface area (Å²) in [6.07, 6.45) is 0. The van der Waals surface area contributed by atoms with Gasteiger partial charge in [0.05, 0.1) is 5.30 Å². The molecule has 70 valence electrons. The van der Waals surface area contributed by atoms with Gasteiger partial charge in [0, 0.05) is 0 Å². The normalized spacial score (nSPS) is 9.38. The quantitative estimate of drug-likeness (QED) is 0.303. The van der Waals surface area contributed by atoms with Crippen LogP contribution in [0, 0.1) is 11.1 Å². The first-order valence-electron chi connectivity index (χ1n) is 3.16. The molecule has 0 bridgehead atoms. The maximum atomic E-state index is 10.5. The van der Waals surface area contributed by atoms with Crippen molar-refractivity contribution in [2.75, 3.05) is 0 Å². The van der Waals surface area contributed by atoms with Crippen LogP contribution in [0.5, 0.6) is 0 Å². The Kier molecular flexibility index (Phi) is 4.80. The SMILES string of the molecule is N=[N+]=N.O=P(O)(O)c1ccccc1. The van der Waals surface area contributed by atoms with Crippen molar-refractivity contribution in [3.63, 3.8) is 0 Å². The minimum Gasteiger partial charge on any atom is -0.321 e. The number of nitrogens with one attached hydrogen (secondary N) is 2. The summed E-state index contributed by atoms with van der Waals surface area (Å²) in [6.45, 7) is 0. The van der Waals surface area contributed by atoms with Crippen molar-refractivity contribution in [1.82, 2.24) is 4.91 Å². The Labute approximate surface area is 74.4 Å². The first-order valence-corrected chi connectivity index (χ1v) is 4.78. The Morgan fingerprint density at radius 3 is 1.77 bits per heavy atom. The molecule has 1 rings (SSSR count). The third kappa shape index (κ3) is 5.00. The van der Waals surface area contributed by atoms with E-state index in [1.807, 2.05) is 4.91 Å². The van der Waals surface area contributed by atoms with Gasteiger partial charge in [0.1, 0.15) is 11.1 Å². The Hall–Kier alpha value is -1.32. The third-order valence-electron chi connectivity index (χ3n) is 1.09. The minimum atomic E-state index is -4.02. The summed E-state index contributed by atoms with van der Waals surface area (Å²) >= 11 is 0. The van der Waals surface area contributed by atoms with Gasteiger partial charge in [-0.05, 0) is 12.1 Å². The van der Waals surface area contributed by atoms with Crippen LogP contribution in [0.2, 0.25) is 0 Å². The van der Waals surface area contributed by atoms with Crippen LogP contribution in [0.15, 0.2) is 30.3 Å². The Morgan fingerprint density at radius 2 is 1.54 bits per heavy atom. The molecule has 0 aliphatic carbocycles. The average Bonchev–Trinajstić information content (AvgIpc) is 2.06. The van der Waals surface area contributed by atoms with Gasteiger partial charge in [-0.1, -0.05) is 18.2 Å². The van der Waals surface area contributed by atoms with Crippen molar-refractivity contribution in [2.24, 2.45) is 0 Å². The molecular weight excluding hydrogens is 193 g/mol. The van der Waals surface area contributed by atoms with E-state index in [-0.39, 0.29) is 5.30 Å². The first kappa shape index (κ1) is 11.7. The molecule has 13 heavy (non-hydrogen) atoms. The molecular formula is C6H9N3O3P+. The van der Waals surface area contributed by atoms with Crippen LogP contribution in [-0.2, 0) is 4.57 Å². The number of benzene rings is 1. The molecule has 1 aromatic carbocycles. The van der Waals surface area contributed by atoms with Crippen LogP contribution in [0.3, 0.4) is 0 Å². The molecule has 0 atom stereocenters. The molecule has 6 nitrogen and oxygen atoms in total. The van der Waals surface area contributed by atoms with Crippen LogP contribution >= 0.6 is 7.60 Å². The molecule has 4 N–H and O–H groups in total. The smallest absolute Gasteiger partial charge is 0.321 e. The predicted octanol–water partition coefficient (Wildman–Crippen LogP) is 0.605. The highest BCUT2D eigenvalue weighted by Gasteiger charge is 2.14. The largest absolute Gasteiger partial charge is 0.356 e. The van der Waals surface area contributed by atoms with Gasteiger partial charge in [-0.25, -0.2) is 0 Å². The fourth-order valence-electron chi connectivity index (χ4n) is 0.622. The molecule has 0 amide bonds. The van der Waals surface area contributed by atoms with E-state index in [4.69, 9.17) is 20.8 Å². The lowest BCUT2D eigenvalue weighted by Crippen LogP contribution is -2.01. The second-order valence-electron chi connectivity index (χ2n) is 1.99. The second kappa shape index (κ2) is 5.35. The Bertz CT molecular complexity index is 328. The molecule has 0 aliphatic rings. The van der Waals surface area contributed by atoms with Crippen LogP contribution in [0.1, 0.15) is 0 Å². The fourth-order valence-corrected chi connectivity index (χ4v) is 1.18. The highest BCUT2D eigenvalue weighted by Crippen LogP contribution is 2.32. The van der Waals surface area contributed by atoms with Crippen LogP contribution < -0.4 is 10.2 Å². The number of nitrogens with zero attached hydrogens (tertiary/aromatic N) is 1. The van der Waals surface area contributed by atoms with Gasteiger partial charge in [-0.2, -0.15) is 0 Å². The summed E-state index contributed by atoms with van der Waals surface area (Å²) in [4.78, 5) is 19.2. The van der Waals surface area contributed by atoms with Crippen LogP contribution in [0.25, 0.3) is 0 Å². The summed E-state index contributed by atoms with van der Waals surface area (Å²) < 4.78 is 10.5. The highest BCUT2D eigenvalue weighted by atomic mass is 31.2. The van der Waals surface area contributed by atoms with E-state index < -0.39 is 7.60 Å². The predicted molar refractivity (Wildman–Crippen MR) is 45.7 cm³/mol. The topological polar surface area (TPSA) is 119 Å². The van der Waals surface area contributed by atoms with Gasteiger partial charge in [0.2, 0.25) is 4.91 Å². The number of hydrogen-bond donors (Lipinski definition) is 4. The van der Waals surface area contributed by atoms with E-state index in [0.717, 1.165) is 0 Å². The minimum absolute atomic E-state index is 0.0648. The summed E-state index contributed by atoms with van der Waals surface area (Å²) in [5, 5.41) is 0.0648. The summed E-state index contributed by atoms with van der Waals surface area (Å²) in [7, 11) is -4.02. The lowest BCUT2D eigenvalue weighted by Gasteiger charge is -2.00. The highest BCUT2D eigenvalue weighted by molar-refractivity contribution is 7.60. The fraction of sp³-hybridized carbons (Fsp3) is 0. The zero-order chi connectivity index (χ0) is 10.3. The third-order valence-corrected chi connectivity index (χ3v) is 2.06. The van der Waals surface area contributed by atoms with Crippen molar-refractivity contribution in [3.05, 3.63) is 30.3 Å². The monoisotopic (exact) mass is 202 g/mol. The molecule has 0 fully saturated rings. The van der Waals surface area contributed by atoms with Gasteiger partial charge >= 0.3 is 7.60 Å². The van der Waals surface area contributed by atoms with Crippen molar-refractivity contribution >= 4 is 12.9 Å². The molecule has 0 spiro atoms. The summed E-state index contributed by atoms with van der Waals surface area (Å²) in [5.41, 5.74) is 11.0. The lowest BCUT2D eigenvalue weighted by molar-refractivity contribution is 0.387. The maximum Gasteiger partial charge on any atom is 0.356 e. The lowest BCUT2D eigenvalue weighted by atomic mass is 10.4. The van der Waals surface area contributed by atoms with Crippen molar-refractivity contribution in [2.45, 2.75) is 0 Å². The van der Waals surface area contributed by atoms with E-state index in [1.165, 1.54) is 12.1 Å². The molecule has 0 saturated carbocycles. The summed E-state index contributed by atoms with van der Waals surface area (Å²) in [5.74, 6) is 0. The zero-order valence-corrected chi connectivity index (χ0v) is 7.48. The molecule has 0 saturated heterocycles. The van der Waals surface area contributed by atoms with Crippen LogP contribution in [-0.4, -0.2) is 9.79 Å². The van der Waals surface area contributed by atoms with E-state index in [0.29, 0.717) is 0 Å². The first-order chi connectivity index (χ1) is 6.02. The van der Waals surface area contributed by atoms with Crippen molar-refractivity contribution in [3.8, 4) is 0 Å². The summed E-state index contributed by atoms with van der Waals surface area (Å²) in [6, 6.07) is 7.70. The van der Waals surface area contributed by atoms with Crippen molar-refractivity contribution in [1.29, 1.82) is 11.1 Å².